The second-order valence-corrected chi connectivity index (χ2v) is 5.81. The van der Waals surface area contributed by atoms with Gasteiger partial charge in [-0.2, -0.15) is 0 Å². The number of anilines is 1. The number of amides is 1. The van der Waals surface area contributed by atoms with Crippen LogP contribution in [0.25, 0.3) is 0 Å². The number of fused-ring (bicyclic) bond motifs is 2. The van der Waals surface area contributed by atoms with E-state index >= 15 is 0 Å². The number of halogens is 1. The average Bonchev–Trinajstić information content (AvgIpc) is 2.73. The maximum Gasteiger partial charge on any atom is 0.407 e. The van der Waals surface area contributed by atoms with Gasteiger partial charge in [0.15, 0.2) is 0 Å². The van der Waals surface area contributed by atoms with Crippen LogP contribution in [0.1, 0.15) is 25.7 Å². The van der Waals surface area contributed by atoms with Crippen LogP contribution in [0.2, 0.25) is 0 Å². The maximum atomic E-state index is 13.2. The summed E-state index contributed by atoms with van der Waals surface area (Å²) >= 11 is 0. The predicted octanol–water partition coefficient (Wildman–Crippen LogP) is 2.82. The van der Waals surface area contributed by atoms with E-state index in [-0.39, 0.29) is 29.5 Å². The fourth-order valence-electron chi connectivity index (χ4n) is 3.61. The van der Waals surface area contributed by atoms with E-state index in [1.165, 1.54) is 17.0 Å². The minimum absolute atomic E-state index is 0.0442. The van der Waals surface area contributed by atoms with Crippen LogP contribution in [-0.2, 0) is 0 Å². The van der Waals surface area contributed by atoms with Crippen molar-refractivity contribution in [2.75, 3.05) is 5.32 Å². The normalized spacial score (nSPS) is 26.8. The lowest BCUT2D eigenvalue weighted by molar-refractivity contribution is -0.384. The SMILES string of the molecule is O=C(O)N1[C@@H]2CC[C@H]1CC(Nc1ccc(F)cc1[N+](=O)[O-])C2. The highest BCUT2D eigenvalue weighted by Crippen LogP contribution is 2.37. The average molecular weight is 309 g/mol. The Labute approximate surface area is 125 Å². The van der Waals surface area contributed by atoms with E-state index in [0.717, 1.165) is 18.9 Å². The zero-order valence-corrected chi connectivity index (χ0v) is 11.7. The molecule has 2 N–H and O–H groups in total. The zero-order chi connectivity index (χ0) is 15.9. The fourth-order valence-corrected chi connectivity index (χ4v) is 3.61. The van der Waals surface area contributed by atoms with Crippen molar-refractivity contribution in [3.63, 3.8) is 0 Å². The van der Waals surface area contributed by atoms with Gasteiger partial charge < -0.3 is 15.3 Å². The molecule has 118 valence electrons. The van der Waals surface area contributed by atoms with Gasteiger partial charge in [-0.1, -0.05) is 0 Å². The van der Waals surface area contributed by atoms with Crippen molar-refractivity contribution in [3.8, 4) is 0 Å². The number of nitro groups is 1. The van der Waals surface area contributed by atoms with Crippen molar-refractivity contribution in [2.45, 2.75) is 43.8 Å². The molecular weight excluding hydrogens is 293 g/mol. The Balaban J connectivity index is 1.76. The van der Waals surface area contributed by atoms with Gasteiger partial charge in [0.25, 0.3) is 5.69 Å². The van der Waals surface area contributed by atoms with Gasteiger partial charge in [0, 0.05) is 18.1 Å². The Morgan fingerprint density at radius 3 is 2.55 bits per heavy atom. The summed E-state index contributed by atoms with van der Waals surface area (Å²) in [6.45, 7) is 0. The summed E-state index contributed by atoms with van der Waals surface area (Å²) in [7, 11) is 0. The van der Waals surface area contributed by atoms with Gasteiger partial charge in [0.2, 0.25) is 0 Å². The first-order chi connectivity index (χ1) is 10.5. The third kappa shape index (κ3) is 2.56. The quantitative estimate of drug-likeness (QED) is 0.661. The molecule has 0 spiro atoms. The van der Waals surface area contributed by atoms with Crippen molar-refractivity contribution >= 4 is 17.5 Å². The molecule has 2 heterocycles. The summed E-state index contributed by atoms with van der Waals surface area (Å²) in [6, 6.07) is 3.29. The van der Waals surface area contributed by atoms with Crippen LogP contribution in [0.5, 0.6) is 0 Å². The first kappa shape index (κ1) is 14.6. The van der Waals surface area contributed by atoms with Gasteiger partial charge >= 0.3 is 6.09 Å². The number of nitrogens with zero attached hydrogens (tertiary/aromatic N) is 2. The first-order valence-electron chi connectivity index (χ1n) is 7.17. The number of benzene rings is 1. The Morgan fingerprint density at radius 1 is 1.36 bits per heavy atom. The number of rotatable bonds is 3. The van der Waals surface area contributed by atoms with E-state index in [1.54, 1.807) is 0 Å². The molecule has 7 nitrogen and oxygen atoms in total. The van der Waals surface area contributed by atoms with E-state index in [0.29, 0.717) is 12.8 Å². The van der Waals surface area contributed by atoms with E-state index in [9.17, 15) is 24.4 Å². The summed E-state index contributed by atoms with van der Waals surface area (Å²) in [5.41, 5.74) is -0.0208. The third-order valence-corrected chi connectivity index (χ3v) is 4.47. The lowest BCUT2D eigenvalue weighted by Gasteiger charge is -2.37. The van der Waals surface area contributed by atoms with Crippen LogP contribution in [0.3, 0.4) is 0 Å². The van der Waals surface area contributed by atoms with Crippen LogP contribution >= 0.6 is 0 Å². The molecule has 1 aromatic rings. The lowest BCUT2D eigenvalue weighted by atomic mass is 9.97. The van der Waals surface area contributed by atoms with Gasteiger partial charge in [-0.15, -0.1) is 0 Å². The first-order valence-corrected chi connectivity index (χ1v) is 7.17. The summed E-state index contributed by atoms with van der Waals surface area (Å²) < 4.78 is 13.2. The Morgan fingerprint density at radius 2 is 2.00 bits per heavy atom. The molecule has 2 aliphatic heterocycles. The van der Waals surface area contributed by atoms with Crippen molar-refractivity contribution in [2.24, 2.45) is 0 Å². The molecule has 0 aliphatic carbocycles. The van der Waals surface area contributed by atoms with Gasteiger partial charge in [-0.25, -0.2) is 9.18 Å². The standard InChI is InChI=1S/C14H16FN3O4/c15-8-1-4-12(13(5-8)18(21)22)16-9-6-10-2-3-11(7-9)17(10)14(19)20/h1,4-5,9-11,16H,2-3,6-7H2,(H,19,20)/t9?,10-,11+. The second kappa shape index (κ2) is 5.43. The Hall–Kier alpha value is -2.38. The summed E-state index contributed by atoms with van der Waals surface area (Å²) in [5, 5.41) is 23.3. The van der Waals surface area contributed by atoms with Crippen molar-refractivity contribution in [3.05, 3.63) is 34.1 Å². The molecule has 0 saturated carbocycles. The number of nitrogens with one attached hydrogen (secondary N) is 1. The van der Waals surface area contributed by atoms with E-state index < -0.39 is 16.8 Å². The summed E-state index contributed by atoms with van der Waals surface area (Å²) in [4.78, 5) is 23.1. The number of carbonyl (C=O) groups is 1. The molecular formula is C14H16FN3O4. The maximum absolute atomic E-state index is 13.2. The minimum atomic E-state index is -0.904. The molecule has 0 aromatic heterocycles. The summed E-state index contributed by atoms with van der Waals surface area (Å²) in [6.07, 6.45) is 1.95. The van der Waals surface area contributed by atoms with Gasteiger partial charge in [-0.3, -0.25) is 10.1 Å². The van der Waals surface area contributed by atoms with E-state index in [1.807, 2.05) is 0 Å². The van der Waals surface area contributed by atoms with E-state index in [2.05, 4.69) is 5.32 Å². The van der Waals surface area contributed by atoms with Crippen LogP contribution in [-0.4, -0.2) is 39.1 Å². The lowest BCUT2D eigenvalue weighted by Crippen LogP contribution is -2.49. The highest BCUT2D eigenvalue weighted by Gasteiger charge is 2.43. The van der Waals surface area contributed by atoms with Crippen LogP contribution in [0.15, 0.2) is 18.2 Å². The van der Waals surface area contributed by atoms with Crippen molar-refractivity contribution in [1.29, 1.82) is 0 Å². The van der Waals surface area contributed by atoms with Crippen LogP contribution in [0, 0.1) is 15.9 Å². The predicted molar refractivity (Wildman–Crippen MR) is 76.4 cm³/mol. The molecule has 1 aromatic carbocycles. The topological polar surface area (TPSA) is 95.7 Å². The van der Waals surface area contributed by atoms with Crippen LogP contribution < -0.4 is 5.32 Å². The molecule has 1 amide bonds. The molecule has 22 heavy (non-hydrogen) atoms. The molecule has 8 heteroatoms. The number of hydrogen-bond donors (Lipinski definition) is 2. The third-order valence-electron chi connectivity index (χ3n) is 4.47. The van der Waals surface area contributed by atoms with Crippen molar-refractivity contribution < 1.29 is 19.2 Å². The molecule has 2 saturated heterocycles. The summed E-state index contributed by atoms with van der Waals surface area (Å²) in [5.74, 6) is -0.655. The van der Waals surface area contributed by atoms with Gasteiger partial charge in [-0.05, 0) is 37.8 Å². The smallest absolute Gasteiger partial charge is 0.407 e. The minimum Gasteiger partial charge on any atom is -0.465 e. The molecule has 2 aliphatic rings. The highest BCUT2D eigenvalue weighted by molar-refractivity contribution is 5.67. The Bertz CT molecular complexity index is 610. The van der Waals surface area contributed by atoms with Gasteiger partial charge in [0.1, 0.15) is 11.5 Å². The molecule has 3 rings (SSSR count). The van der Waals surface area contributed by atoms with E-state index in [4.69, 9.17) is 0 Å². The number of piperidine rings is 1. The second-order valence-electron chi connectivity index (χ2n) is 5.81. The number of nitro benzene ring substituents is 1. The number of carboxylic acid groups (broad SMARTS) is 1. The fraction of sp³-hybridized carbons (Fsp3) is 0.500. The number of hydrogen-bond acceptors (Lipinski definition) is 4. The zero-order valence-electron chi connectivity index (χ0n) is 11.7. The van der Waals surface area contributed by atoms with Gasteiger partial charge in [0.05, 0.1) is 11.0 Å². The molecule has 1 unspecified atom stereocenters. The molecule has 2 fully saturated rings. The monoisotopic (exact) mass is 309 g/mol. The highest BCUT2D eigenvalue weighted by atomic mass is 19.1. The molecule has 0 radical (unpaired) electrons. The molecule has 3 atom stereocenters. The Kier molecular flexibility index (Phi) is 3.59. The molecule has 2 bridgehead atoms. The van der Waals surface area contributed by atoms with Crippen molar-refractivity contribution in [1.82, 2.24) is 4.90 Å². The van der Waals surface area contributed by atoms with Crippen LogP contribution in [0.4, 0.5) is 20.6 Å². The largest absolute Gasteiger partial charge is 0.465 e.